The summed E-state index contributed by atoms with van der Waals surface area (Å²) < 4.78 is 13.6. The molecule has 0 radical (unpaired) electrons. The first kappa shape index (κ1) is 21.8. The van der Waals surface area contributed by atoms with E-state index in [4.69, 9.17) is 0 Å². The molecule has 1 saturated heterocycles. The number of aromatic amines is 1. The van der Waals surface area contributed by atoms with Crippen LogP contribution in [0.1, 0.15) is 46.1 Å². The zero-order chi connectivity index (χ0) is 22.4. The van der Waals surface area contributed by atoms with Crippen molar-refractivity contribution in [1.29, 1.82) is 0 Å². The summed E-state index contributed by atoms with van der Waals surface area (Å²) in [6.45, 7) is 10.2. The number of nitrogens with one attached hydrogen (secondary N) is 4. The smallest absolute Gasteiger partial charge is 0.245 e. The Bertz CT molecular complexity index is 990. The quantitative estimate of drug-likeness (QED) is 0.571. The Morgan fingerprint density at radius 2 is 1.81 bits per heavy atom. The second-order valence-electron chi connectivity index (χ2n) is 10.2. The van der Waals surface area contributed by atoms with Crippen molar-refractivity contribution in [3.63, 3.8) is 0 Å². The van der Waals surface area contributed by atoms with Gasteiger partial charge in [0, 0.05) is 29.6 Å². The van der Waals surface area contributed by atoms with Crippen molar-refractivity contribution in [2.45, 2.75) is 52.5 Å². The maximum atomic E-state index is 13.6. The second-order valence-corrected chi connectivity index (χ2v) is 10.2. The van der Waals surface area contributed by atoms with Crippen molar-refractivity contribution in [3.8, 4) is 0 Å². The Kier molecular flexibility index (Phi) is 5.36. The average Bonchev–Trinajstić information content (AvgIpc) is 2.97. The number of benzene rings is 1. The van der Waals surface area contributed by atoms with Gasteiger partial charge >= 0.3 is 0 Å². The van der Waals surface area contributed by atoms with Crippen molar-refractivity contribution >= 4 is 22.7 Å². The number of hydrogen-bond donors (Lipinski definition) is 4. The number of fused-ring (bicyclic) bond motifs is 1. The molecule has 0 bridgehead atoms. The van der Waals surface area contributed by atoms with Crippen LogP contribution in [-0.2, 0) is 16.0 Å². The highest BCUT2D eigenvalue weighted by molar-refractivity contribution is 5.94. The molecular formula is C24H33FN4O2. The number of rotatable bonds is 6. The van der Waals surface area contributed by atoms with Gasteiger partial charge in [0.2, 0.25) is 11.8 Å². The molecule has 2 fully saturated rings. The van der Waals surface area contributed by atoms with E-state index in [0.29, 0.717) is 38.9 Å². The van der Waals surface area contributed by atoms with Crippen LogP contribution in [-0.4, -0.2) is 42.0 Å². The highest BCUT2D eigenvalue weighted by Gasteiger charge is 2.68. The van der Waals surface area contributed by atoms with Crippen molar-refractivity contribution < 1.29 is 14.0 Å². The maximum Gasteiger partial charge on any atom is 0.245 e. The van der Waals surface area contributed by atoms with Gasteiger partial charge in [-0.2, -0.15) is 0 Å². The topological polar surface area (TPSA) is 86.0 Å². The number of carbonyl (C=O) groups excluding carboxylic acids is 2. The van der Waals surface area contributed by atoms with E-state index in [9.17, 15) is 14.0 Å². The molecule has 1 aromatic heterocycles. The zero-order valence-electron chi connectivity index (χ0n) is 18.8. The van der Waals surface area contributed by atoms with Crippen LogP contribution < -0.4 is 16.0 Å². The van der Waals surface area contributed by atoms with Crippen LogP contribution in [0.4, 0.5) is 4.39 Å². The largest absolute Gasteiger partial charge is 0.361 e. The van der Waals surface area contributed by atoms with Gasteiger partial charge in [0.1, 0.15) is 11.4 Å². The van der Waals surface area contributed by atoms with Gasteiger partial charge < -0.3 is 20.9 Å². The molecule has 4 N–H and O–H groups in total. The molecule has 0 unspecified atom stereocenters. The van der Waals surface area contributed by atoms with Gasteiger partial charge in [0.05, 0.1) is 0 Å². The molecule has 0 spiro atoms. The zero-order valence-corrected chi connectivity index (χ0v) is 18.8. The fourth-order valence-corrected chi connectivity index (χ4v) is 5.26. The van der Waals surface area contributed by atoms with Gasteiger partial charge in [-0.25, -0.2) is 4.39 Å². The highest BCUT2D eigenvalue weighted by atomic mass is 19.1. The maximum absolute atomic E-state index is 13.6. The monoisotopic (exact) mass is 428 g/mol. The number of carbonyl (C=O) groups is 2. The second kappa shape index (κ2) is 7.62. The minimum Gasteiger partial charge on any atom is -0.361 e. The van der Waals surface area contributed by atoms with Gasteiger partial charge in [-0.1, -0.05) is 27.7 Å². The lowest BCUT2D eigenvalue weighted by Gasteiger charge is -2.37. The van der Waals surface area contributed by atoms with E-state index >= 15 is 0 Å². The van der Waals surface area contributed by atoms with Crippen molar-refractivity contribution in [2.24, 2.45) is 16.7 Å². The normalized spacial score (nSPS) is 21.6. The SMILES string of the molecule is CC1(C)C(C(=O)NC2(C(=O)NCCc3c[nH]c4ccc(F)cc34)CCNCC2)C1(C)C. The summed E-state index contributed by atoms with van der Waals surface area (Å²) >= 11 is 0. The lowest BCUT2D eigenvalue weighted by Crippen LogP contribution is -2.63. The van der Waals surface area contributed by atoms with E-state index in [0.717, 1.165) is 16.5 Å². The summed E-state index contributed by atoms with van der Waals surface area (Å²) in [4.78, 5) is 29.5. The molecule has 2 aromatic rings. The summed E-state index contributed by atoms with van der Waals surface area (Å²) in [6, 6.07) is 4.65. The van der Waals surface area contributed by atoms with E-state index in [1.54, 1.807) is 6.07 Å². The molecular weight excluding hydrogens is 395 g/mol. The van der Waals surface area contributed by atoms with E-state index in [1.165, 1.54) is 12.1 Å². The number of halogens is 1. The third kappa shape index (κ3) is 3.73. The number of aromatic nitrogens is 1. The molecule has 7 heteroatoms. The molecule has 1 aromatic carbocycles. The van der Waals surface area contributed by atoms with Crippen molar-refractivity contribution in [2.75, 3.05) is 19.6 Å². The summed E-state index contributed by atoms with van der Waals surface area (Å²) in [5.74, 6) is -0.538. The third-order valence-corrected chi connectivity index (χ3v) is 7.95. The number of piperidine rings is 1. The van der Waals surface area contributed by atoms with Gasteiger partial charge in [-0.15, -0.1) is 0 Å². The lowest BCUT2D eigenvalue weighted by molar-refractivity contribution is -0.135. The molecule has 0 atom stereocenters. The van der Waals surface area contributed by atoms with Crippen molar-refractivity contribution in [3.05, 3.63) is 35.8 Å². The number of hydrogen-bond acceptors (Lipinski definition) is 3. The Hall–Kier alpha value is -2.41. The van der Waals surface area contributed by atoms with Crippen LogP contribution in [0, 0.1) is 22.6 Å². The first-order chi connectivity index (χ1) is 14.6. The van der Waals surface area contributed by atoms with Gasteiger partial charge in [-0.05, 0) is 66.9 Å². The van der Waals surface area contributed by atoms with Gasteiger partial charge in [0.25, 0.3) is 0 Å². The summed E-state index contributed by atoms with van der Waals surface area (Å²) in [6.07, 6.45) is 3.57. The summed E-state index contributed by atoms with van der Waals surface area (Å²) in [5, 5.41) is 10.3. The van der Waals surface area contributed by atoms with Crippen LogP contribution in [0.3, 0.4) is 0 Å². The predicted octanol–water partition coefficient (Wildman–Crippen LogP) is 2.89. The van der Waals surface area contributed by atoms with E-state index in [-0.39, 0.29) is 34.4 Å². The standard InChI is InChI=1S/C24H33FN4O2/c1-22(2)19(23(22,3)4)20(30)29-24(8-11-26-12-9-24)21(31)27-10-7-15-14-28-18-6-5-16(25)13-17(15)18/h5-6,13-14,19,26,28H,7-12H2,1-4H3,(H,27,31)(H,29,30). The average molecular weight is 429 g/mol. The fraction of sp³-hybridized carbons (Fsp3) is 0.583. The van der Waals surface area contributed by atoms with Gasteiger partial charge in [-0.3, -0.25) is 9.59 Å². The first-order valence-corrected chi connectivity index (χ1v) is 11.1. The molecule has 6 nitrogen and oxygen atoms in total. The van der Waals surface area contributed by atoms with Crippen LogP contribution in [0.15, 0.2) is 24.4 Å². The number of H-pyrrole nitrogens is 1. The molecule has 1 aliphatic carbocycles. The Morgan fingerprint density at radius 3 is 2.45 bits per heavy atom. The van der Waals surface area contributed by atoms with E-state index in [2.05, 4.69) is 48.6 Å². The minimum absolute atomic E-state index is 0.0286. The van der Waals surface area contributed by atoms with Crippen LogP contribution in [0.2, 0.25) is 0 Å². The first-order valence-electron chi connectivity index (χ1n) is 11.1. The fourth-order valence-electron chi connectivity index (χ4n) is 5.26. The van der Waals surface area contributed by atoms with E-state index in [1.807, 2.05) is 6.20 Å². The van der Waals surface area contributed by atoms with E-state index < -0.39 is 5.54 Å². The minimum atomic E-state index is -0.886. The Labute approximate surface area is 182 Å². The molecule has 31 heavy (non-hydrogen) atoms. The molecule has 2 heterocycles. The highest BCUT2D eigenvalue weighted by Crippen LogP contribution is 2.68. The van der Waals surface area contributed by atoms with Crippen LogP contribution >= 0.6 is 0 Å². The van der Waals surface area contributed by atoms with Crippen LogP contribution in [0.5, 0.6) is 0 Å². The van der Waals surface area contributed by atoms with Crippen molar-refractivity contribution in [1.82, 2.24) is 20.9 Å². The van der Waals surface area contributed by atoms with Gasteiger partial charge in [0.15, 0.2) is 0 Å². The molecule has 1 saturated carbocycles. The number of amides is 2. The lowest BCUT2D eigenvalue weighted by atomic mass is 9.86. The van der Waals surface area contributed by atoms with Crippen LogP contribution in [0.25, 0.3) is 10.9 Å². The predicted molar refractivity (Wildman–Crippen MR) is 119 cm³/mol. The molecule has 168 valence electrons. The molecule has 2 amide bonds. The molecule has 1 aliphatic heterocycles. The molecule has 4 rings (SSSR count). The summed E-state index contributed by atoms with van der Waals surface area (Å²) in [5.41, 5.74) is 0.793. The Morgan fingerprint density at radius 1 is 1.13 bits per heavy atom. The third-order valence-electron chi connectivity index (χ3n) is 7.95. The molecule has 2 aliphatic rings. The Balaban J connectivity index is 1.42. The summed E-state index contributed by atoms with van der Waals surface area (Å²) in [7, 11) is 0.